The van der Waals surface area contributed by atoms with E-state index in [9.17, 15) is 14.9 Å². The summed E-state index contributed by atoms with van der Waals surface area (Å²) in [4.78, 5) is 22.2. The van der Waals surface area contributed by atoms with Gasteiger partial charge in [0.05, 0.1) is 4.92 Å². The topological polar surface area (TPSA) is 70.1 Å². The lowest BCUT2D eigenvalue weighted by Crippen LogP contribution is -2.24. The van der Waals surface area contributed by atoms with Crippen LogP contribution in [0.1, 0.15) is 24.4 Å². The van der Waals surface area contributed by atoms with E-state index < -0.39 is 4.92 Å². The Morgan fingerprint density at radius 1 is 1.20 bits per heavy atom. The van der Waals surface area contributed by atoms with Crippen molar-refractivity contribution >= 4 is 5.69 Å². The van der Waals surface area contributed by atoms with Crippen molar-refractivity contribution in [1.82, 2.24) is 9.13 Å². The van der Waals surface area contributed by atoms with Crippen LogP contribution in [0.25, 0.3) is 0 Å². The first kappa shape index (κ1) is 12.7. The zero-order valence-corrected chi connectivity index (χ0v) is 10.9. The van der Waals surface area contributed by atoms with Gasteiger partial charge in [-0.15, -0.1) is 0 Å². The minimum absolute atomic E-state index is 0.0365. The molecule has 1 saturated carbocycles. The molecule has 1 heterocycles. The van der Waals surface area contributed by atoms with Crippen LogP contribution < -0.4 is 5.69 Å². The van der Waals surface area contributed by atoms with Gasteiger partial charge in [-0.25, -0.2) is 4.79 Å². The fraction of sp³-hybridized carbons (Fsp3) is 0.357. The maximum atomic E-state index is 12.1. The van der Waals surface area contributed by atoms with Crippen molar-refractivity contribution in [3.63, 3.8) is 0 Å². The lowest BCUT2D eigenvalue weighted by atomic mass is 10.1. The Kier molecular flexibility index (Phi) is 3.14. The van der Waals surface area contributed by atoms with Crippen LogP contribution in [0.2, 0.25) is 0 Å². The summed E-state index contributed by atoms with van der Waals surface area (Å²) in [5.41, 5.74) is 1.11. The molecular weight excluding hydrogens is 258 g/mol. The summed E-state index contributed by atoms with van der Waals surface area (Å²) in [6, 6.07) is 6.85. The minimum atomic E-state index is -0.413. The molecule has 104 valence electrons. The zero-order valence-electron chi connectivity index (χ0n) is 10.9. The molecule has 6 nitrogen and oxygen atoms in total. The number of aryl methyl sites for hydroxylation is 2. The number of hydrogen-bond acceptors (Lipinski definition) is 3. The third kappa shape index (κ3) is 2.49. The fourth-order valence-electron chi connectivity index (χ4n) is 2.26. The predicted octanol–water partition coefficient (Wildman–Crippen LogP) is 2.14. The summed E-state index contributed by atoms with van der Waals surface area (Å²) >= 11 is 0. The second kappa shape index (κ2) is 4.96. The highest BCUT2D eigenvalue weighted by Crippen LogP contribution is 2.33. The summed E-state index contributed by atoms with van der Waals surface area (Å²) in [6.45, 7) is 0.594. The van der Waals surface area contributed by atoms with Gasteiger partial charge in [0.1, 0.15) is 0 Å². The number of nitrogens with zero attached hydrogens (tertiary/aromatic N) is 3. The molecule has 1 aliphatic rings. The Hall–Kier alpha value is -2.37. The number of aromatic nitrogens is 2. The van der Waals surface area contributed by atoms with Gasteiger partial charge >= 0.3 is 5.69 Å². The summed E-state index contributed by atoms with van der Waals surface area (Å²) < 4.78 is 3.48. The zero-order chi connectivity index (χ0) is 14.1. The molecule has 0 N–H and O–H groups in total. The fourth-order valence-corrected chi connectivity index (χ4v) is 2.26. The lowest BCUT2D eigenvalue weighted by Gasteiger charge is -2.02. The van der Waals surface area contributed by atoms with Crippen LogP contribution in [0.15, 0.2) is 41.5 Å². The van der Waals surface area contributed by atoms with Crippen LogP contribution in [0.4, 0.5) is 5.69 Å². The first-order valence-electron chi connectivity index (χ1n) is 6.66. The average molecular weight is 273 g/mol. The molecule has 1 fully saturated rings. The first-order valence-corrected chi connectivity index (χ1v) is 6.66. The van der Waals surface area contributed by atoms with E-state index in [-0.39, 0.29) is 11.4 Å². The number of hydrogen-bond donors (Lipinski definition) is 0. The van der Waals surface area contributed by atoms with E-state index in [2.05, 4.69) is 0 Å². The van der Waals surface area contributed by atoms with Crippen molar-refractivity contribution in [2.24, 2.45) is 0 Å². The third-order valence-electron chi connectivity index (χ3n) is 3.60. The SMILES string of the molecule is O=c1n(CCc2ccc([N+](=O)[O-])cc2)ccn1C1CC1. The number of nitro groups is 1. The lowest BCUT2D eigenvalue weighted by molar-refractivity contribution is -0.384. The summed E-state index contributed by atoms with van der Waals surface area (Å²) in [5, 5.41) is 10.6. The van der Waals surface area contributed by atoms with Crippen molar-refractivity contribution < 1.29 is 4.92 Å². The molecule has 2 aromatic rings. The standard InChI is InChI=1S/C14H15N3O3/c18-14-15(9-10-16(14)12-5-6-12)8-7-11-1-3-13(4-2-11)17(19)20/h1-4,9-10,12H,5-8H2. The molecule has 3 rings (SSSR count). The molecule has 0 saturated heterocycles. The number of benzene rings is 1. The van der Waals surface area contributed by atoms with Gasteiger partial charge in [-0.05, 0) is 24.8 Å². The van der Waals surface area contributed by atoms with E-state index >= 15 is 0 Å². The van der Waals surface area contributed by atoms with Gasteiger partial charge in [-0.1, -0.05) is 12.1 Å². The van der Waals surface area contributed by atoms with Gasteiger partial charge in [0, 0.05) is 37.1 Å². The highest BCUT2D eigenvalue weighted by molar-refractivity contribution is 5.32. The van der Waals surface area contributed by atoms with Crippen molar-refractivity contribution in [3.8, 4) is 0 Å². The van der Waals surface area contributed by atoms with Crippen LogP contribution in [0.5, 0.6) is 0 Å². The van der Waals surface area contributed by atoms with E-state index in [0.29, 0.717) is 19.0 Å². The molecule has 0 radical (unpaired) electrons. The number of non-ortho nitro benzene ring substituents is 1. The first-order chi connectivity index (χ1) is 9.65. The predicted molar refractivity (Wildman–Crippen MR) is 73.8 cm³/mol. The largest absolute Gasteiger partial charge is 0.328 e. The number of nitro benzene ring substituents is 1. The van der Waals surface area contributed by atoms with Crippen LogP contribution in [0.3, 0.4) is 0 Å². The maximum Gasteiger partial charge on any atom is 0.328 e. The molecule has 1 aromatic heterocycles. The number of rotatable bonds is 5. The molecule has 0 atom stereocenters. The summed E-state index contributed by atoms with van der Waals surface area (Å²) in [6.07, 6.45) is 6.52. The minimum Gasteiger partial charge on any atom is -0.299 e. The van der Waals surface area contributed by atoms with E-state index in [1.165, 1.54) is 12.1 Å². The van der Waals surface area contributed by atoms with Crippen LogP contribution in [-0.4, -0.2) is 14.1 Å². The Morgan fingerprint density at radius 3 is 2.50 bits per heavy atom. The number of imidazole rings is 1. The molecule has 0 bridgehead atoms. The maximum absolute atomic E-state index is 12.1. The van der Waals surface area contributed by atoms with E-state index in [0.717, 1.165) is 18.4 Å². The Balaban J connectivity index is 1.67. The monoisotopic (exact) mass is 273 g/mol. The Morgan fingerprint density at radius 2 is 1.90 bits per heavy atom. The van der Waals surface area contributed by atoms with Crippen molar-refractivity contribution in [2.45, 2.75) is 31.8 Å². The highest BCUT2D eigenvalue weighted by Gasteiger charge is 2.25. The van der Waals surface area contributed by atoms with Gasteiger partial charge in [-0.3, -0.25) is 19.2 Å². The highest BCUT2D eigenvalue weighted by atomic mass is 16.6. The average Bonchev–Trinajstić information content (AvgIpc) is 3.22. The molecule has 0 amide bonds. The van der Waals surface area contributed by atoms with Crippen molar-refractivity contribution in [2.75, 3.05) is 0 Å². The molecule has 20 heavy (non-hydrogen) atoms. The van der Waals surface area contributed by atoms with Gasteiger partial charge in [-0.2, -0.15) is 0 Å². The molecule has 0 aliphatic heterocycles. The van der Waals surface area contributed by atoms with Gasteiger partial charge in [0.25, 0.3) is 5.69 Å². The van der Waals surface area contributed by atoms with Crippen molar-refractivity contribution in [3.05, 3.63) is 62.8 Å². The molecule has 0 unspecified atom stereocenters. The Labute approximate surface area is 115 Å². The van der Waals surface area contributed by atoms with E-state index in [1.807, 2.05) is 12.4 Å². The normalized spacial score (nSPS) is 14.4. The smallest absolute Gasteiger partial charge is 0.299 e. The van der Waals surface area contributed by atoms with Gasteiger partial charge in [0.15, 0.2) is 0 Å². The summed E-state index contributed by atoms with van der Waals surface area (Å²) in [7, 11) is 0. The van der Waals surface area contributed by atoms with Crippen LogP contribution in [-0.2, 0) is 13.0 Å². The molecule has 0 spiro atoms. The van der Waals surface area contributed by atoms with Crippen molar-refractivity contribution in [1.29, 1.82) is 0 Å². The third-order valence-corrected chi connectivity index (χ3v) is 3.60. The van der Waals surface area contributed by atoms with Gasteiger partial charge < -0.3 is 0 Å². The summed E-state index contributed by atoms with van der Waals surface area (Å²) in [5.74, 6) is 0. The molecule has 6 heteroatoms. The second-order valence-electron chi connectivity index (χ2n) is 5.09. The quantitative estimate of drug-likeness (QED) is 0.619. The van der Waals surface area contributed by atoms with E-state index in [1.54, 1.807) is 21.3 Å². The second-order valence-corrected chi connectivity index (χ2v) is 5.09. The molecule has 1 aliphatic carbocycles. The van der Waals surface area contributed by atoms with Crippen LogP contribution >= 0.6 is 0 Å². The van der Waals surface area contributed by atoms with Gasteiger partial charge in [0.2, 0.25) is 0 Å². The van der Waals surface area contributed by atoms with E-state index in [4.69, 9.17) is 0 Å². The Bertz CT molecular complexity index is 680. The molecule has 1 aromatic carbocycles. The van der Waals surface area contributed by atoms with Crippen LogP contribution in [0, 0.1) is 10.1 Å². The molecular formula is C14H15N3O3.